The summed E-state index contributed by atoms with van der Waals surface area (Å²) in [6.45, 7) is 0. The van der Waals surface area contributed by atoms with Gasteiger partial charge in [0.1, 0.15) is 5.69 Å². The Balaban J connectivity index is 2.39. The summed E-state index contributed by atoms with van der Waals surface area (Å²) in [6, 6.07) is 1.49. The summed E-state index contributed by atoms with van der Waals surface area (Å²) in [5.41, 5.74) is 0.615. The second-order valence-electron chi connectivity index (χ2n) is 2.42. The van der Waals surface area contributed by atoms with E-state index in [2.05, 4.69) is 20.2 Å². The topological polar surface area (TPSA) is 73.0 Å². The summed E-state index contributed by atoms with van der Waals surface area (Å²) in [5.74, 6) is 0.111. The highest BCUT2D eigenvalue weighted by Gasteiger charge is 2.01. The summed E-state index contributed by atoms with van der Waals surface area (Å²) < 4.78 is 1.44. The van der Waals surface area contributed by atoms with Crippen LogP contribution >= 0.6 is 11.6 Å². The van der Waals surface area contributed by atoms with Crippen LogP contribution in [0.3, 0.4) is 0 Å². The van der Waals surface area contributed by atoms with Crippen molar-refractivity contribution in [2.24, 2.45) is 5.18 Å². The molecule has 2 aromatic rings. The summed E-state index contributed by atoms with van der Waals surface area (Å²) in [5, 5.41) is 6.69. The summed E-state index contributed by atoms with van der Waals surface area (Å²) in [7, 11) is 0. The molecule has 2 aromatic heterocycles. The lowest BCUT2D eigenvalue weighted by Gasteiger charge is -1.97. The van der Waals surface area contributed by atoms with Gasteiger partial charge in [0.05, 0.1) is 12.4 Å². The van der Waals surface area contributed by atoms with Gasteiger partial charge in [-0.15, -0.1) is 10.0 Å². The van der Waals surface area contributed by atoms with Crippen molar-refractivity contribution in [3.05, 3.63) is 34.8 Å². The maximum absolute atomic E-state index is 10.1. The van der Waals surface area contributed by atoms with Crippen molar-refractivity contribution in [2.45, 2.75) is 0 Å². The van der Waals surface area contributed by atoms with Crippen LogP contribution in [0.15, 0.2) is 29.8 Å². The van der Waals surface area contributed by atoms with Crippen molar-refractivity contribution in [2.75, 3.05) is 0 Å². The van der Waals surface area contributed by atoms with Crippen molar-refractivity contribution in [3.63, 3.8) is 0 Å². The lowest BCUT2D eigenvalue weighted by Crippen LogP contribution is -1.96. The molecule has 0 aromatic carbocycles. The molecule has 0 radical (unpaired) electrons. The third-order valence-corrected chi connectivity index (χ3v) is 1.73. The van der Waals surface area contributed by atoms with Gasteiger partial charge >= 0.3 is 0 Å². The molecule has 0 atom stereocenters. The van der Waals surface area contributed by atoms with Gasteiger partial charge in [0, 0.05) is 12.3 Å². The number of hydrogen-bond donors (Lipinski definition) is 0. The fourth-order valence-corrected chi connectivity index (χ4v) is 1.03. The van der Waals surface area contributed by atoms with E-state index in [0.29, 0.717) is 5.69 Å². The average Bonchev–Trinajstić information content (AvgIpc) is 2.67. The van der Waals surface area contributed by atoms with Crippen LogP contribution in [0.25, 0.3) is 5.69 Å². The van der Waals surface area contributed by atoms with Crippen molar-refractivity contribution >= 4 is 17.4 Å². The highest BCUT2D eigenvalue weighted by Crippen LogP contribution is 2.11. The molecule has 0 bridgehead atoms. The minimum absolute atomic E-state index is 0.111. The quantitative estimate of drug-likeness (QED) is 0.558. The molecule has 2 heterocycles. The molecular formula is C7H4ClN5O. The minimum atomic E-state index is 0.111. The van der Waals surface area contributed by atoms with Crippen molar-refractivity contribution in [1.82, 2.24) is 19.7 Å². The van der Waals surface area contributed by atoms with Gasteiger partial charge in [-0.2, -0.15) is 0 Å². The van der Waals surface area contributed by atoms with Crippen molar-refractivity contribution in [3.8, 4) is 5.69 Å². The Morgan fingerprint density at radius 3 is 2.64 bits per heavy atom. The third kappa shape index (κ3) is 1.60. The van der Waals surface area contributed by atoms with Gasteiger partial charge in [-0.3, -0.25) is 0 Å². The first kappa shape index (κ1) is 8.76. The molecular weight excluding hydrogens is 206 g/mol. The van der Waals surface area contributed by atoms with E-state index in [-0.39, 0.29) is 11.1 Å². The lowest BCUT2D eigenvalue weighted by atomic mass is 10.5. The Hall–Kier alpha value is -1.82. The number of rotatable bonds is 2. The first-order valence-corrected chi connectivity index (χ1v) is 4.04. The largest absolute Gasteiger partial charge is 0.236 e. The summed E-state index contributed by atoms with van der Waals surface area (Å²) in [4.78, 5) is 17.7. The molecule has 0 aliphatic rings. The first-order valence-electron chi connectivity index (χ1n) is 3.66. The minimum Gasteiger partial charge on any atom is -0.236 e. The lowest BCUT2D eigenvalue weighted by molar-refractivity contribution is 0.863. The van der Waals surface area contributed by atoms with Crippen LogP contribution in [0, 0.1) is 4.91 Å². The van der Waals surface area contributed by atoms with Crippen LogP contribution in [0.5, 0.6) is 0 Å². The number of nitrogens with zero attached hydrogens (tertiary/aromatic N) is 5. The van der Waals surface area contributed by atoms with E-state index in [1.807, 2.05) is 0 Å². The number of nitroso groups, excluding NO2 is 1. The Labute approximate surface area is 83.5 Å². The SMILES string of the molecule is O=Nc1ccn(-c2cnc(Cl)nc2)n1. The molecule has 70 valence electrons. The molecule has 0 fully saturated rings. The molecule has 6 nitrogen and oxygen atoms in total. The zero-order valence-corrected chi connectivity index (χ0v) is 7.59. The molecule has 2 rings (SSSR count). The van der Waals surface area contributed by atoms with Crippen molar-refractivity contribution < 1.29 is 0 Å². The van der Waals surface area contributed by atoms with Gasteiger partial charge in [-0.05, 0) is 16.8 Å². The van der Waals surface area contributed by atoms with E-state index in [9.17, 15) is 4.91 Å². The zero-order chi connectivity index (χ0) is 9.97. The normalized spacial score (nSPS) is 10.1. The standard InChI is InChI=1S/C7H4ClN5O/c8-7-9-3-5(4-10-7)13-2-1-6(11-13)12-14/h1-4H. The first-order chi connectivity index (χ1) is 6.79. The second kappa shape index (κ2) is 3.51. The predicted molar refractivity (Wildman–Crippen MR) is 49.6 cm³/mol. The Morgan fingerprint density at radius 1 is 1.36 bits per heavy atom. The Morgan fingerprint density at radius 2 is 2.07 bits per heavy atom. The molecule has 0 aliphatic heterocycles. The molecule has 0 aliphatic carbocycles. The van der Waals surface area contributed by atoms with E-state index in [1.165, 1.54) is 23.1 Å². The Bertz CT molecular complexity index is 451. The van der Waals surface area contributed by atoms with E-state index in [4.69, 9.17) is 11.6 Å². The zero-order valence-electron chi connectivity index (χ0n) is 6.83. The van der Waals surface area contributed by atoms with Crippen LogP contribution in [0.1, 0.15) is 0 Å². The number of hydrogen-bond acceptors (Lipinski definition) is 5. The van der Waals surface area contributed by atoms with Gasteiger partial charge < -0.3 is 0 Å². The molecule has 0 N–H and O–H groups in total. The molecule has 0 amide bonds. The van der Waals surface area contributed by atoms with Gasteiger partial charge in [0.15, 0.2) is 0 Å². The maximum Gasteiger partial charge on any atom is 0.222 e. The van der Waals surface area contributed by atoms with Crippen LogP contribution in [0.4, 0.5) is 5.82 Å². The van der Waals surface area contributed by atoms with Crippen LogP contribution in [0.2, 0.25) is 5.28 Å². The Kier molecular flexibility index (Phi) is 2.19. The van der Waals surface area contributed by atoms with E-state index >= 15 is 0 Å². The third-order valence-electron chi connectivity index (χ3n) is 1.54. The second-order valence-corrected chi connectivity index (χ2v) is 2.76. The number of halogens is 1. The smallest absolute Gasteiger partial charge is 0.222 e. The maximum atomic E-state index is 10.1. The van der Waals surface area contributed by atoms with Gasteiger partial charge in [-0.1, -0.05) is 0 Å². The molecule has 0 spiro atoms. The average molecular weight is 210 g/mol. The summed E-state index contributed by atoms with van der Waals surface area (Å²) in [6.07, 6.45) is 4.58. The monoisotopic (exact) mass is 209 g/mol. The molecule has 0 unspecified atom stereocenters. The molecule has 0 saturated carbocycles. The number of aromatic nitrogens is 4. The molecule has 7 heteroatoms. The van der Waals surface area contributed by atoms with Crippen LogP contribution in [-0.2, 0) is 0 Å². The van der Waals surface area contributed by atoms with Gasteiger partial charge in [0.2, 0.25) is 11.1 Å². The molecule has 14 heavy (non-hydrogen) atoms. The fraction of sp³-hybridized carbons (Fsp3) is 0. The predicted octanol–water partition coefficient (Wildman–Crippen LogP) is 1.71. The summed E-state index contributed by atoms with van der Waals surface area (Å²) >= 11 is 5.51. The van der Waals surface area contributed by atoms with E-state index in [0.717, 1.165) is 0 Å². The fourth-order valence-electron chi connectivity index (χ4n) is 0.931. The van der Waals surface area contributed by atoms with Gasteiger partial charge in [-0.25, -0.2) is 14.6 Å². The van der Waals surface area contributed by atoms with E-state index in [1.54, 1.807) is 6.20 Å². The van der Waals surface area contributed by atoms with E-state index < -0.39 is 0 Å². The highest BCUT2D eigenvalue weighted by molar-refractivity contribution is 6.28. The highest BCUT2D eigenvalue weighted by atomic mass is 35.5. The van der Waals surface area contributed by atoms with Crippen LogP contribution in [-0.4, -0.2) is 19.7 Å². The van der Waals surface area contributed by atoms with Crippen LogP contribution < -0.4 is 0 Å². The molecule has 0 saturated heterocycles. The van der Waals surface area contributed by atoms with Gasteiger partial charge in [0.25, 0.3) is 0 Å². The van der Waals surface area contributed by atoms with Crippen molar-refractivity contribution in [1.29, 1.82) is 0 Å².